The summed E-state index contributed by atoms with van der Waals surface area (Å²) in [5, 5.41) is 3.28. The van der Waals surface area contributed by atoms with Gasteiger partial charge in [0.05, 0.1) is 0 Å². The number of fused-ring (bicyclic) bond motifs is 2. The van der Waals surface area contributed by atoms with Gasteiger partial charge in [0, 0.05) is 23.4 Å². The first-order chi connectivity index (χ1) is 7.84. The van der Waals surface area contributed by atoms with E-state index in [0.717, 1.165) is 22.5 Å². The number of rotatable bonds is 0. The van der Waals surface area contributed by atoms with Crippen LogP contribution in [-0.4, -0.2) is 5.78 Å². The first kappa shape index (κ1) is 9.16. The van der Waals surface area contributed by atoms with Crippen LogP contribution in [0.5, 0.6) is 0 Å². The van der Waals surface area contributed by atoms with Crippen molar-refractivity contribution in [3.8, 4) is 0 Å². The maximum atomic E-state index is 12.0. The van der Waals surface area contributed by atoms with Crippen LogP contribution in [0.25, 0.3) is 0 Å². The number of ketones is 1. The summed E-state index contributed by atoms with van der Waals surface area (Å²) in [6, 6.07) is 16.4. The highest BCUT2D eigenvalue weighted by Gasteiger charge is 2.18. The van der Waals surface area contributed by atoms with Gasteiger partial charge in [-0.25, -0.2) is 0 Å². The molecule has 1 aliphatic rings. The molecule has 0 spiro atoms. The lowest BCUT2D eigenvalue weighted by atomic mass is 10.0. The molecule has 0 fully saturated rings. The van der Waals surface area contributed by atoms with E-state index in [1.165, 1.54) is 0 Å². The molecule has 0 bridgehead atoms. The van der Waals surface area contributed by atoms with Gasteiger partial charge in [0.25, 0.3) is 0 Å². The summed E-state index contributed by atoms with van der Waals surface area (Å²) >= 11 is 0. The van der Waals surface area contributed by atoms with Crippen LogP contribution < -0.4 is 5.32 Å². The number of nitrogens with one attached hydrogen (secondary N) is 1. The highest BCUT2D eigenvalue weighted by atomic mass is 16.1. The van der Waals surface area contributed by atoms with Gasteiger partial charge in [-0.3, -0.25) is 4.79 Å². The molecule has 3 rings (SSSR count). The van der Waals surface area contributed by atoms with Crippen LogP contribution in [-0.2, 0) is 6.42 Å². The lowest BCUT2D eigenvalue weighted by molar-refractivity contribution is 0.0994. The summed E-state index contributed by atoms with van der Waals surface area (Å²) < 4.78 is 0. The van der Waals surface area contributed by atoms with E-state index in [1.54, 1.807) is 0 Å². The Labute approximate surface area is 93.9 Å². The van der Waals surface area contributed by atoms with E-state index in [1.807, 2.05) is 42.5 Å². The molecule has 2 heteroatoms. The number of para-hydroxylation sites is 1. The Kier molecular flexibility index (Phi) is 2.00. The molecule has 77 valence electrons. The molecule has 1 aliphatic heterocycles. The summed E-state index contributed by atoms with van der Waals surface area (Å²) in [6.07, 6.45) is 0.417. The average Bonchev–Trinajstić information content (AvgIpc) is 2.45. The summed E-state index contributed by atoms with van der Waals surface area (Å²) in [6.45, 7) is 0. The largest absolute Gasteiger partial charge is 0.355 e. The van der Waals surface area contributed by atoms with Gasteiger partial charge < -0.3 is 5.32 Å². The molecule has 0 saturated heterocycles. The lowest BCUT2D eigenvalue weighted by Gasteiger charge is -2.07. The Balaban J connectivity index is 2.18. The first-order valence-corrected chi connectivity index (χ1v) is 5.23. The Morgan fingerprint density at radius 2 is 1.88 bits per heavy atom. The van der Waals surface area contributed by atoms with Crippen LogP contribution in [0.2, 0.25) is 0 Å². The predicted octanol–water partition coefficient (Wildman–Crippen LogP) is 2.97. The van der Waals surface area contributed by atoms with Crippen molar-refractivity contribution in [1.82, 2.24) is 0 Å². The molecule has 0 unspecified atom stereocenters. The van der Waals surface area contributed by atoms with Crippen molar-refractivity contribution in [2.75, 3.05) is 5.32 Å². The Morgan fingerprint density at radius 1 is 1.06 bits per heavy atom. The first-order valence-electron chi connectivity index (χ1n) is 5.23. The van der Waals surface area contributed by atoms with E-state index < -0.39 is 0 Å². The molecule has 16 heavy (non-hydrogen) atoms. The van der Waals surface area contributed by atoms with E-state index in [0.29, 0.717) is 6.42 Å². The van der Waals surface area contributed by atoms with E-state index in [-0.39, 0.29) is 5.78 Å². The van der Waals surface area contributed by atoms with Crippen molar-refractivity contribution in [2.24, 2.45) is 0 Å². The summed E-state index contributed by atoms with van der Waals surface area (Å²) in [4.78, 5) is 12.0. The van der Waals surface area contributed by atoms with Crippen molar-refractivity contribution in [3.63, 3.8) is 0 Å². The van der Waals surface area contributed by atoms with Gasteiger partial charge in [-0.2, -0.15) is 0 Å². The Bertz CT molecular complexity index is 560. The molecule has 2 nitrogen and oxygen atoms in total. The second-order valence-corrected chi connectivity index (χ2v) is 3.83. The van der Waals surface area contributed by atoms with E-state index in [4.69, 9.17) is 0 Å². The van der Waals surface area contributed by atoms with Crippen LogP contribution in [0, 0.1) is 6.07 Å². The van der Waals surface area contributed by atoms with Crippen LogP contribution in [0.4, 0.5) is 11.4 Å². The minimum Gasteiger partial charge on any atom is -0.355 e. The fourth-order valence-corrected chi connectivity index (χ4v) is 1.97. The van der Waals surface area contributed by atoms with E-state index in [9.17, 15) is 4.79 Å². The second kappa shape index (κ2) is 3.49. The van der Waals surface area contributed by atoms with Crippen molar-refractivity contribution >= 4 is 17.2 Å². The summed E-state index contributed by atoms with van der Waals surface area (Å²) in [5.74, 6) is 0.143. The maximum absolute atomic E-state index is 12.0. The molecule has 0 aliphatic carbocycles. The van der Waals surface area contributed by atoms with Gasteiger partial charge in [-0.05, 0) is 29.8 Å². The topological polar surface area (TPSA) is 29.1 Å². The molecular formula is C14H10NO. The van der Waals surface area contributed by atoms with Crippen molar-refractivity contribution in [1.29, 1.82) is 0 Å². The van der Waals surface area contributed by atoms with Gasteiger partial charge >= 0.3 is 0 Å². The number of benzene rings is 2. The fourth-order valence-electron chi connectivity index (χ4n) is 1.97. The monoisotopic (exact) mass is 208 g/mol. The maximum Gasteiger partial charge on any atom is 0.169 e. The Hall–Kier alpha value is -2.09. The highest BCUT2D eigenvalue weighted by molar-refractivity contribution is 6.05. The third-order valence-electron chi connectivity index (χ3n) is 2.78. The van der Waals surface area contributed by atoms with Crippen molar-refractivity contribution in [2.45, 2.75) is 6.42 Å². The number of anilines is 2. The normalized spacial score (nSPS) is 13.4. The SMILES string of the molecule is O=C1Cc2[c]cccc2Nc2ccccc21. The van der Waals surface area contributed by atoms with E-state index >= 15 is 0 Å². The predicted molar refractivity (Wildman–Crippen MR) is 63.0 cm³/mol. The molecule has 2 aromatic carbocycles. The molecule has 1 N–H and O–H groups in total. The third-order valence-corrected chi connectivity index (χ3v) is 2.78. The van der Waals surface area contributed by atoms with Crippen LogP contribution >= 0.6 is 0 Å². The smallest absolute Gasteiger partial charge is 0.169 e. The number of hydrogen-bond acceptors (Lipinski definition) is 2. The number of carbonyl (C=O) groups is 1. The molecule has 1 radical (unpaired) electrons. The van der Waals surface area contributed by atoms with Crippen LogP contribution in [0.3, 0.4) is 0 Å². The number of carbonyl (C=O) groups excluding carboxylic acids is 1. The van der Waals surface area contributed by atoms with Gasteiger partial charge in [-0.15, -0.1) is 0 Å². The third kappa shape index (κ3) is 1.39. The molecule has 2 aromatic rings. The highest BCUT2D eigenvalue weighted by Crippen LogP contribution is 2.28. The molecule has 1 heterocycles. The van der Waals surface area contributed by atoms with Crippen LogP contribution in [0.1, 0.15) is 15.9 Å². The summed E-state index contributed by atoms with van der Waals surface area (Å²) in [5.41, 5.74) is 3.54. The quantitative estimate of drug-likeness (QED) is 0.721. The van der Waals surface area contributed by atoms with E-state index in [2.05, 4.69) is 11.4 Å². The average molecular weight is 208 g/mol. The zero-order valence-corrected chi connectivity index (χ0v) is 8.66. The zero-order chi connectivity index (χ0) is 11.0. The standard InChI is InChI=1S/C14H10NO/c16-14-9-10-5-1-3-7-12(10)15-13-8-4-2-6-11(13)14/h1-4,6-8,15H,9H2. The summed E-state index contributed by atoms with van der Waals surface area (Å²) in [7, 11) is 0. The molecule has 0 amide bonds. The minimum absolute atomic E-state index is 0.143. The minimum atomic E-state index is 0.143. The molecule has 0 aromatic heterocycles. The molecule has 0 atom stereocenters. The number of Topliss-reactive ketones (excluding diaryl/α,β-unsaturated/α-hetero) is 1. The van der Waals surface area contributed by atoms with Gasteiger partial charge in [0.15, 0.2) is 5.78 Å². The Morgan fingerprint density at radius 3 is 2.81 bits per heavy atom. The van der Waals surface area contributed by atoms with Crippen molar-refractivity contribution in [3.05, 3.63) is 59.7 Å². The number of hydrogen-bond donors (Lipinski definition) is 1. The van der Waals surface area contributed by atoms with Gasteiger partial charge in [0.2, 0.25) is 0 Å². The van der Waals surface area contributed by atoms with Crippen LogP contribution in [0.15, 0.2) is 42.5 Å². The second-order valence-electron chi connectivity index (χ2n) is 3.83. The van der Waals surface area contributed by atoms with Gasteiger partial charge in [0.1, 0.15) is 0 Å². The fraction of sp³-hybridized carbons (Fsp3) is 0.0714. The van der Waals surface area contributed by atoms with Gasteiger partial charge in [-0.1, -0.05) is 24.3 Å². The lowest BCUT2D eigenvalue weighted by Crippen LogP contribution is -2.01. The zero-order valence-electron chi connectivity index (χ0n) is 8.66. The molecular weight excluding hydrogens is 198 g/mol. The molecule has 0 saturated carbocycles. The van der Waals surface area contributed by atoms with Crippen molar-refractivity contribution < 1.29 is 4.79 Å².